The van der Waals surface area contributed by atoms with E-state index in [9.17, 15) is 19.7 Å². The second-order valence-corrected chi connectivity index (χ2v) is 14.0. The normalized spacial score (nSPS) is 11.6. The van der Waals surface area contributed by atoms with Gasteiger partial charge in [-0.25, -0.2) is 9.59 Å². The van der Waals surface area contributed by atoms with Gasteiger partial charge < -0.3 is 24.3 Å². The lowest BCUT2D eigenvalue weighted by Gasteiger charge is -2.20. The van der Waals surface area contributed by atoms with Crippen LogP contribution in [0.5, 0.6) is 0 Å². The van der Waals surface area contributed by atoms with E-state index in [0.717, 1.165) is 27.5 Å². The first-order valence-electron chi connectivity index (χ1n) is 16.3. The number of non-ortho nitro benzene ring substituents is 1. The van der Waals surface area contributed by atoms with Crippen molar-refractivity contribution in [2.45, 2.75) is 65.8 Å². The number of rotatable bonds is 7. The van der Waals surface area contributed by atoms with Gasteiger partial charge in [-0.3, -0.25) is 10.1 Å². The van der Waals surface area contributed by atoms with Crippen LogP contribution in [-0.4, -0.2) is 37.2 Å². The third kappa shape index (κ3) is 8.76. The summed E-state index contributed by atoms with van der Waals surface area (Å²) < 4.78 is 14.9. The molecule has 2 heterocycles. The minimum Gasteiger partial charge on any atom is -0.455 e. The second-order valence-electron chi connectivity index (χ2n) is 14.0. The molecule has 2 aromatic heterocycles. The van der Waals surface area contributed by atoms with Gasteiger partial charge in [-0.2, -0.15) is 0 Å². The Labute approximate surface area is 291 Å². The maximum Gasteiger partial charge on any atom is 0.355 e. The third-order valence-corrected chi connectivity index (χ3v) is 7.60. The molecule has 0 atom stereocenters. The summed E-state index contributed by atoms with van der Waals surface area (Å²) in [6, 6.07) is 33.5. The summed E-state index contributed by atoms with van der Waals surface area (Å²) in [7, 11) is 0. The predicted octanol–water partition coefficient (Wildman–Crippen LogP) is 8.78. The van der Waals surface area contributed by atoms with E-state index in [1.807, 2.05) is 115 Å². The summed E-state index contributed by atoms with van der Waals surface area (Å²) in [6.07, 6.45) is 0. The lowest BCUT2D eigenvalue weighted by atomic mass is 10.2. The van der Waals surface area contributed by atoms with Crippen LogP contribution in [0, 0.1) is 10.1 Å². The molecule has 0 bridgehead atoms. The number of nitrogens with zero attached hydrogens (tertiary/aromatic N) is 3. The highest BCUT2D eigenvalue weighted by Crippen LogP contribution is 2.28. The SMILES string of the molecule is CC(C)(C)OC(=O)c1cc2cc(N)ccc2n1Cc1ccccc1.CC(C)(C)OC(=O)c1cc2cc([N+](=O)[O-])ccc2n1Cc1ccccc1. The van der Waals surface area contributed by atoms with Gasteiger partial charge in [-0.05, 0) is 89.1 Å². The molecule has 10 heteroatoms. The van der Waals surface area contributed by atoms with E-state index in [1.54, 1.807) is 32.9 Å². The highest BCUT2D eigenvalue weighted by atomic mass is 16.6. The van der Waals surface area contributed by atoms with Gasteiger partial charge in [0, 0.05) is 52.7 Å². The van der Waals surface area contributed by atoms with Crippen molar-refractivity contribution in [2.24, 2.45) is 0 Å². The number of nitrogen functional groups attached to an aromatic ring is 1. The lowest BCUT2D eigenvalue weighted by Crippen LogP contribution is -2.25. The molecule has 6 aromatic rings. The van der Waals surface area contributed by atoms with Gasteiger partial charge in [0.25, 0.3) is 5.69 Å². The zero-order valence-electron chi connectivity index (χ0n) is 29.2. The van der Waals surface area contributed by atoms with E-state index in [0.29, 0.717) is 35.6 Å². The van der Waals surface area contributed by atoms with Crippen LogP contribution in [0.25, 0.3) is 21.8 Å². The van der Waals surface area contributed by atoms with Crippen LogP contribution in [-0.2, 0) is 22.6 Å². The number of hydrogen-bond donors (Lipinski definition) is 1. The van der Waals surface area contributed by atoms with Crippen molar-refractivity contribution in [1.82, 2.24) is 9.13 Å². The highest BCUT2D eigenvalue weighted by molar-refractivity contribution is 5.97. The van der Waals surface area contributed by atoms with Gasteiger partial charge in [0.15, 0.2) is 0 Å². The standard InChI is InChI=1S/C20H20N2O4.C20H22N2O2/c1-20(2,3)26-19(23)18-12-15-11-16(22(24)25)9-10-17(15)21(18)13-14-7-5-4-6-8-14;1-20(2,3)24-19(23)18-12-15-11-16(21)9-10-17(15)22(18)13-14-7-5-4-6-8-14/h4-12H,13H2,1-3H3;4-12H,13,21H2,1-3H3. The molecule has 0 amide bonds. The summed E-state index contributed by atoms with van der Waals surface area (Å²) in [6.45, 7) is 12.1. The van der Waals surface area contributed by atoms with Crippen LogP contribution in [0.3, 0.4) is 0 Å². The van der Waals surface area contributed by atoms with Gasteiger partial charge in [-0.1, -0.05) is 60.7 Å². The number of aromatic nitrogens is 2. The molecule has 0 saturated heterocycles. The summed E-state index contributed by atoms with van der Waals surface area (Å²) in [5, 5.41) is 12.6. The zero-order chi connectivity index (χ0) is 36.2. The number of carbonyl (C=O) groups is 2. The van der Waals surface area contributed by atoms with Crippen molar-refractivity contribution in [3.8, 4) is 0 Å². The molecule has 0 spiro atoms. The maximum atomic E-state index is 12.7. The fraction of sp³-hybridized carbons (Fsp3) is 0.250. The van der Waals surface area contributed by atoms with E-state index in [2.05, 4.69) is 0 Å². The molecule has 2 N–H and O–H groups in total. The molecule has 0 saturated carbocycles. The van der Waals surface area contributed by atoms with Crippen molar-refractivity contribution >= 4 is 45.1 Å². The Kier molecular flexibility index (Phi) is 10.1. The molecule has 0 fully saturated rings. The minimum atomic E-state index is -0.628. The minimum absolute atomic E-state index is 0.00917. The number of hydrogen-bond acceptors (Lipinski definition) is 7. The third-order valence-electron chi connectivity index (χ3n) is 7.60. The molecule has 0 aliphatic rings. The lowest BCUT2D eigenvalue weighted by molar-refractivity contribution is -0.384. The first-order valence-corrected chi connectivity index (χ1v) is 16.3. The predicted molar refractivity (Wildman–Crippen MR) is 196 cm³/mol. The van der Waals surface area contributed by atoms with Crippen molar-refractivity contribution in [3.05, 3.63) is 142 Å². The van der Waals surface area contributed by atoms with Gasteiger partial charge >= 0.3 is 11.9 Å². The van der Waals surface area contributed by atoms with Gasteiger partial charge in [-0.15, -0.1) is 0 Å². The number of benzene rings is 4. The first kappa shape index (κ1) is 35.4. The first-order chi connectivity index (χ1) is 23.6. The average molecular weight is 675 g/mol. The van der Waals surface area contributed by atoms with Crippen molar-refractivity contribution in [3.63, 3.8) is 0 Å². The van der Waals surface area contributed by atoms with Crippen LogP contribution >= 0.6 is 0 Å². The molecule has 0 radical (unpaired) electrons. The summed E-state index contributed by atoms with van der Waals surface area (Å²) in [5.74, 6) is -0.777. The Morgan fingerprint density at radius 2 is 1.06 bits per heavy atom. The molecule has 10 nitrogen and oxygen atoms in total. The molecule has 0 aliphatic heterocycles. The van der Waals surface area contributed by atoms with E-state index >= 15 is 0 Å². The van der Waals surface area contributed by atoms with Crippen LogP contribution in [0.2, 0.25) is 0 Å². The Hall–Kier alpha value is -5.90. The zero-order valence-corrected chi connectivity index (χ0v) is 29.2. The quantitative estimate of drug-likeness (QED) is 0.0775. The van der Waals surface area contributed by atoms with Crippen molar-refractivity contribution in [1.29, 1.82) is 0 Å². The van der Waals surface area contributed by atoms with Gasteiger partial charge in [0.1, 0.15) is 22.6 Å². The molecule has 258 valence electrons. The summed E-state index contributed by atoms with van der Waals surface area (Å²) in [4.78, 5) is 35.9. The van der Waals surface area contributed by atoms with Crippen molar-refractivity contribution < 1.29 is 24.0 Å². The maximum absolute atomic E-state index is 12.7. The van der Waals surface area contributed by atoms with Gasteiger partial charge in [0.2, 0.25) is 0 Å². The van der Waals surface area contributed by atoms with Crippen LogP contribution in [0.15, 0.2) is 109 Å². The van der Waals surface area contributed by atoms with Crippen LogP contribution in [0.4, 0.5) is 11.4 Å². The number of nitro groups is 1. The van der Waals surface area contributed by atoms with Crippen LogP contribution < -0.4 is 5.73 Å². The van der Waals surface area contributed by atoms with Crippen molar-refractivity contribution in [2.75, 3.05) is 5.73 Å². The Morgan fingerprint density at radius 1 is 0.640 bits per heavy atom. The summed E-state index contributed by atoms with van der Waals surface area (Å²) >= 11 is 0. The monoisotopic (exact) mass is 674 g/mol. The number of nitrogens with two attached hydrogens (primary N) is 1. The van der Waals surface area contributed by atoms with E-state index in [4.69, 9.17) is 15.2 Å². The molecule has 6 rings (SSSR count). The number of esters is 2. The number of ether oxygens (including phenoxy) is 2. The molecule has 4 aromatic carbocycles. The Bertz CT molecular complexity index is 2150. The van der Waals surface area contributed by atoms with Gasteiger partial charge in [0.05, 0.1) is 4.92 Å². The van der Waals surface area contributed by atoms with E-state index < -0.39 is 22.1 Å². The average Bonchev–Trinajstić information content (AvgIpc) is 3.58. The second kappa shape index (κ2) is 14.3. The fourth-order valence-electron chi connectivity index (χ4n) is 5.53. The molecular formula is C40H42N4O6. The summed E-state index contributed by atoms with van der Waals surface area (Å²) in [5.41, 5.74) is 10.2. The molecule has 50 heavy (non-hydrogen) atoms. The largest absolute Gasteiger partial charge is 0.455 e. The number of carbonyl (C=O) groups excluding carboxylic acids is 2. The van der Waals surface area contributed by atoms with E-state index in [-0.39, 0.29) is 11.7 Å². The van der Waals surface area contributed by atoms with E-state index in [1.165, 1.54) is 12.1 Å². The number of nitro benzene ring substituents is 1. The Morgan fingerprint density at radius 3 is 1.48 bits per heavy atom. The Balaban J connectivity index is 0.000000195. The number of anilines is 1. The fourth-order valence-corrected chi connectivity index (χ4v) is 5.53. The molecule has 0 aliphatic carbocycles. The molecule has 0 unspecified atom stereocenters. The highest BCUT2D eigenvalue weighted by Gasteiger charge is 2.24. The molecular weight excluding hydrogens is 632 g/mol. The van der Waals surface area contributed by atoms with Crippen LogP contribution in [0.1, 0.15) is 73.6 Å². The number of fused-ring (bicyclic) bond motifs is 2. The smallest absolute Gasteiger partial charge is 0.355 e. The topological polar surface area (TPSA) is 132 Å².